The Morgan fingerprint density at radius 2 is 1.05 bits per heavy atom. The minimum absolute atomic E-state index is 1.05. The van der Waals surface area contributed by atoms with Crippen LogP contribution in [0.1, 0.15) is 27.8 Å². The van der Waals surface area contributed by atoms with Crippen LogP contribution in [0.4, 0.5) is 0 Å². The van der Waals surface area contributed by atoms with E-state index in [1.807, 2.05) is 30.4 Å². The topological polar surface area (TPSA) is 0 Å². The highest BCUT2D eigenvalue weighted by Gasteiger charge is 2.21. The highest BCUT2D eigenvalue weighted by atomic mass is 14.2. The summed E-state index contributed by atoms with van der Waals surface area (Å²) < 4.78 is 0. The van der Waals surface area contributed by atoms with Gasteiger partial charge in [-0.1, -0.05) is 129 Å². The molecule has 0 N–H and O–H groups in total. The van der Waals surface area contributed by atoms with Crippen molar-refractivity contribution >= 4 is 35.1 Å². The summed E-state index contributed by atoms with van der Waals surface area (Å²) in [4.78, 5) is 0. The van der Waals surface area contributed by atoms with Gasteiger partial charge in [-0.15, -0.1) is 0 Å². The molecule has 0 spiro atoms. The zero-order chi connectivity index (χ0) is 25.9. The molecule has 37 heavy (non-hydrogen) atoms. The zero-order valence-corrected chi connectivity index (χ0v) is 21.3. The van der Waals surface area contributed by atoms with Crippen molar-refractivity contribution in [1.82, 2.24) is 0 Å². The van der Waals surface area contributed by atoms with E-state index in [9.17, 15) is 0 Å². The summed E-state index contributed by atoms with van der Waals surface area (Å²) in [6, 6.07) is 32.1. The number of fused-ring (bicyclic) bond motifs is 1. The molecule has 0 amide bonds. The van der Waals surface area contributed by atoms with Crippen molar-refractivity contribution in [2.24, 2.45) is 0 Å². The molecule has 0 aromatic heterocycles. The fraction of sp³-hybridized carbons (Fsp3) is 0.0270. The van der Waals surface area contributed by atoms with Crippen molar-refractivity contribution in [3.8, 4) is 33.4 Å². The summed E-state index contributed by atoms with van der Waals surface area (Å²) in [7, 11) is 0. The Morgan fingerprint density at radius 1 is 0.486 bits per heavy atom. The maximum Gasteiger partial charge on any atom is -0.00201 e. The van der Waals surface area contributed by atoms with Gasteiger partial charge in [0, 0.05) is 0 Å². The number of hydrogen-bond donors (Lipinski definition) is 0. The summed E-state index contributed by atoms with van der Waals surface area (Å²) in [6.45, 7) is 19.0. The van der Waals surface area contributed by atoms with Gasteiger partial charge < -0.3 is 0 Å². The lowest BCUT2D eigenvalue weighted by molar-refractivity contribution is 1.45. The van der Waals surface area contributed by atoms with Gasteiger partial charge in [-0.25, -0.2) is 0 Å². The number of aryl methyl sites for hydroxylation is 1. The van der Waals surface area contributed by atoms with Gasteiger partial charge in [0.25, 0.3) is 0 Å². The smallest absolute Gasteiger partial charge is 0.00201 e. The molecule has 0 aliphatic heterocycles. The quantitative estimate of drug-likeness (QED) is 0.220. The Kier molecular flexibility index (Phi) is 6.58. The van der Waals surface area contributed by atoms with Crippen molar-refractivity contribution in [2.45, 2.75) is 6.92 Å². The molecular formula is C37H30. The Hall–Kier alpha value is -4.68. The first-order chi connectivity index (χ1) is 18.1. The van der Waals surface area contributed by atoms with Crippen molar-refractivity contribution in [3.63, 3.8) is 0 Å². The SMILES string of the molecule is C=Cc1cc(-c2ccccc2C)cc(-c2c(C=C)c(C=C)c(-c3ccccc3)c3ccccc23)c1C=C. The van der Waals surface area contributed by atoms with Gasteiger partial charge in [0.15, 0.2) is 0 Å². The average molecular weight is 475 g/mol. The molecule has 0 radical (unpaired) electrons. The highest BCUT2D eigenvalue weighted by Crippen LogP contribution is 2.45. The molecule has 5 aromatic rings. The minimum atomic E-state index is 1.05. The monoisotopic (exact) mass is 474 g/mol. The molecule has 0 aliphatic carbocycles. The average Bonchev–Trinajstić information content (AvgIpc) is 2.95. The number of rotatable bonds is 7. The third-order valence-corrected chi connectivity index (χ3v) is 7.13. The van der Waals surface area contributed by atoms with Crippen LogP contribution < -0.4 is 0 Å². The van der Waals surface area contributed by atoms with Crippen LogP contribution >= 0.6 is 0 Å². The molecule has 5 aromatic carbocycles. The first kappa shape index (κ1) is 24.0. The van der Waals surface area contributed by atoms with Crippen molar-refractivity contribution in [2.75, 3.05) is 0 Å². The first-order valence-electron chi connectivity index (χ1n) is 12.5. The second kappa shape index (κ2) is 10.1. The Balaban J connectivity index is 1.98. The van der Waals surface area contributed by atoms with Crippen LogP contribution in [0.3, 0.4) is 0 Å². The molecule has 178 valence electrons. The fourth-order valence-electron chi connectivity index (χ4n) is 5.44. The lowest BCUT2D eigenvalue weighted by Crippen LogP contribution is -1.99. The summed E-state index contributed by atoms with van der Waals surface area (Å²) in [5.41, 5.74) is 12.4. The summed E-state index contributed by atoms with van der Waals surface area (Å²) in [5.74, 6) is 0. The van der Waals surface area contributed by atoms with Crippen LogP contribution in [-0.4, -0.2) is 0 Å². The maximum atomic E-state index is 4.27. The second-order valence-corrected chi connectivity index (χ2v) is 9.15. The number of hydrogen-bond acceptors (Lipinski definition) is 0. The van der Waals surface area contributed by atoms with E-state index >= 15 is 0 Å². The first-order valence-corrected chi connectivity index (χ1v) is 12.5. The summed E-state index contributed by atoms with van der Waals surface area (Å²) >= 11 is 0. The summed E-state index contributed by atoms with van der Waals surface area (Å²) in [5, 5.41) is 2.35. The molecule has 0 unspecified atom stereocenters. The van der Waals surface area contributed by atoms with E-state index in [0.29, 0.717) is 0 Å². The van der Waals surface area contributed by atoms with Crippen molar-refractivity contribution in [1.29, 1.82) is 0 Å². The second-order valence-electron chi connectivity index (χ2n) is 9.15. The molecule has 5 rings (SSSR count). The van der Waals surface area contributed by atoms with Gasteiger partial charge >= 0.3 is 0 Å². The van der Waals surface area contributed by atoms with E-state index in [1.165, 1.54) is 27.5 Å². The van der Waals surface area contributed by atoms with Gasteiger partial charge in [0.1, 0.15) is 0 Å². The van der Waals surface area contributed by atoms with Crippen molar-refractivity contribution < 1.29 is 0 Å². The Labute approximate surface area is 220 Å². The molecule has 0 nitrogen and oxygen atoms in total. The molecule has 0 fully saturated rings. The molecular weight excluding hydrogens is 444 g/mol. The molecule has 0 saturated carbocycles. The van der Waals surface area contributed by atoms with Crippen LogP contribution in [0.5, 0.6) is 0 Å². The van der Waals surface area contributed by atoms with E-state index in [4.69, 9.17) is 0 Å². The van der Waals surface area contributed by atoms with Gasteiger partial charge in [0.2, 0.25) is 0 Å². The Morgan fingerprint density at radius 3 is 1.68 bits per heavy atom. The van der Waals surface area contributed by atoms with Crippen molar-refractivity contribution in [3.05, 3.63) is 145 Å². The van der Waals surface area contributed by atoms with E-state index < -0.39 is 0 Å². The van der Waals surface area contributed by atoms with Crippen LogP contribution in [0.25, 0.3) is 68.5 Å². The standard InChI is InChI=1S/C37H30/c1-6-26-23-28(32-20-14-13-17-25(32)5)24-35(29(26)7-2)37-31(9-4)30(8-3)36(27-18-11-10-12-19-27)33-21-15-16-22-34(33)37/h6-24H,1-4H2,5H3. The molecule has 0 bridgehead atoms. The van der Waals surface area contributed by atoms with Crippen LogP contribution in [0.2, 0.25) is 0 Å². The zero-order valence-electron chi connectivity index (χ0n) is 21.3. The Bertz CT molecular complexity index is 1680. The maximum absolute atomic E-state index is 4.27. The molecule has 0 saturated heterocycles. The third-order valence-electron chi connectivity index (χ3n) is 7.13. The van der Waals surface area contributed by atoms with Gasteiger partial charge in [-0.2, -0.15) is 0 Å². The molecule has 0 heteroatoms. The van der Waals surface area contributed by atoms with Gasteiger partial charge in [-0.05, 0) is 91.0 Å². The molecule has 0 aliphatic rings. The minimum Gasteiger partial charge on any atom is -0.0984 e. The van der Waals surface area contributed by atoms with Crippen LogP contribution in [0.15, 0.2) is 117 Å². The van der Waals surface area contributed by atoms with E-state index in [1.54, 1.807) is 0 Å². The van der Waals surface area contributed by atoms with E-state index in [-0.39, 0.29) is 0 Å². The van der Waals surface area contributed by atoms with E-state index in [0.717, 1.165) is 44.5 Å². The largest absolute Gasteiger partial charge is 0.0984 e. The van der Waals surface area contributed by atoms with Crippen LogP contribution in [0, 0.1) is 6.92 Å². The van der Waals surface area contributed by atoms with Gasteiger partial charge in [-0.3, -0.25) is 0 Å². The summed E-state index contributed by atoms with van der Waals surface area (Å²) in [6.07, 6.45) is 7.79. The van der Waals surface area contributed by atoms with Gasteiger partial charge in [0.05, 0.1) is 0 Å². The predicted octanol–water partition coefficient (Wildman–Crippen LogP) is 10.7. The normalized spacial score (nSPS) is 10.7. The molecule has 0 atom stereocenters. The lowest BCUT2D eigenvalue weighted by atomic mass is 9.80. The predicted molar refractivity (Wildman–Crippen MR) is 165 cm³/mol. The number of benzene rings is 5. The van der Waals surface area contributed by atoms with Crippen LogP contribution in [-0.2, 0) is 0 Å². The highest BCUT2D eigenvalue weighted by molar-refractivity contribution is 6.13. The fourth-order valence-corrected chi connectivity index (χ4v) is 5.44. The molecule has 0 heterocycles. The van der Waals surface area contributed by atoms with E-state index in [2.05, 4.69) is 118 Å². The third kappa shape index (κ3) is 4.07. The lowest BCUT2D eigenvalue weighted by Gasteiger charge is -2.22.